The maximum Gasteiger partial charge on any atom is 0.240 e. The molecule has 19 heavy (non-hydrogen) atoms. The van der Waals surface area contributed by atoms with Crippen LogP contribution in [0.5, 0.6) is 0 Å². The summed E-state index contributed by atoms with van der Waals surface area (Å²) in [5.41, 5.74) is 6.78. The highest BCUT2D eigenvalue weighted by Gasteiger charge is 2.20. The van der Waals surface area contributed by atoms with Crippen LogP contribution >= 0.6 is 0 Å². The minimum absolute atomic E-state index is 0.0361. The lowest BCUT2D eigenvalue weighted by Crippen LogP contribution is -2.44. The maximum atomic E-state index is 12.1. The molecule has 1 atom stereocenters. The lowest BCUT2D eigenvalue weighted by atomic mass is 10.1. The fraction of sp³-hybridized carbons (Fsp3) is 0.429. The Morgan fingerprint density at radius 2 is 2.16 bits per heavy atom. The summed E-state index contributed by atoms with van der Waals surface area (Å²) in [5.74, 6) is -0.220. The van der Waals surface area contributed by atoms with E-state index in [1.807, 2.05) is 36.4 Å². The predicted molar refractivity (Wildman–Crippen MR) is 71.9 cm³/mol. The second-order valence-corrected chi connectivity index (χ2v) is 4.23. The fourth-order valence-corrected chi connectivity index (χ4v) is 1.70. The van der Waals surface area contributed by atoms with E-state index < -0.39 is 6.04 Å². The Morgan fingerprint density at radius 1 is 1.47 bits per heavy atom. The number of hydrogen-bond acceptors (Lipinski definition) is 4. The van der Waals surface area contributed by atoms with Gasteiger partial charge in [-0.05, 0) is 12.0 Å². The number of nitriles is 1. The Kier molecular flexibility index (Phi) is 6.58. The van der Waals surface area contributed by atoms with Gasteiger partial charge >= 0.3 is 0 Å². The number of hydrogen-bond donors (Lipinski definition) is 1. The molecular weight excluding hydrogens is 242 g/mol. The third-order valence-corrected chi connectivity index (χ3v) is 2.74. The molecule has 0 aromatic heterocycles. The molecule has 1 aromatic carbocycles. The molecule has 2 N–H and O–H groups in total. The molecule has 0 spiro atoms. The van der Waals surface area contributed by atoms with E-state index in [2.05, 4.69) is 0 Å². The average Bonchev–Trinajstić information content (AvgIpc) is 2.44. The highest BCUT2D eigenvalue weighted by atomic mass is 16.5. The average molecular weight is 261 g/mol. The van der Waals surface area contributed by atoms with Crippen LogP contribution in [0.15, 0.2) is 30.3 Å². The minimum Gasteiger partial charge on any atom is -0.385 e. The molecule has 0 heterocycles. The minimum atomic E-state index is -0.628. The Hall–Kier alpha value is -1.90. The molecule has 0 saturated carbocycles. The molecule has 0 saturated heterocycles. The van der Waals surface area contributed by atoms with Crippen molar-refractivity contribution in [3.05, 3.63) is 35.9 Å². The van der Waals surface area contributed by atoms with Gasteiger partial charge in [0.1, 0.15) is 6.54 Å². The number of carbonyl (C=O) groups excluding carboxylic acids is 1. The van der Waals surface area contributed by atoms with Crippen molar-refractivity contribution in [1.29, 1.82) is 5.26 Å². The molecule has 102 valence electrons. The van der Waals surface area contributed by atoms with Gasteiger partial charge in [0.2, 0.25) is 5.91 Å². The number of carbonyl (C=O) groups is 1. The molecule has 1 aromatic rings. The number of nitrogens with two attached hydrogens (primary N) is 1. The van der Waals surface area contributed by atoms with Crippen LogP contribution in [0.4, 0.5) is 0 Å². The normalized spacial score (nSPS) is 11.6. The summed E-state index contributed by atoms with van der Waals surface area (Å²) >= 11 is 0. The van der Waals surface area contributed by atoms with Gasteiger partial charge in [-0.2, -0.15) is 5.26 Å². The van der Waals surface area contributed by atoms with E-state index in [-0.39, 0.29) is 12.5 Å². The van der Waals surface area contributed by atoms with Gasteiger partial charge in [-0.1, -0.05) is 30.3 Å². The van der Waals surface area contributed by atoms with Crippen molar-refractivity contribution in [2.45, 2.75) is 19.0 Å². The SMILES string of the molecule is COCCC(N)C(=O)N(CC#N)Cc1ccccc1. The van der Waals surface area contributed by atoms with Gasteiger partial charge in [0.05, 0.1) is 12.1 Å². The van der Waals surface area contributed by atoms with Crippen LogP contribution in [0.3, 0.4) is 0 Å². The third kappa shape index (κ3) is 5.08. The molecule has 0 aliphatic carbocycles. The van der Waals surface area contributed by atoms with Crippen molar-refractivity contribution in [1.82, 2.24) is 4.90 Å². The monoisotopic (exact) mass is 261 g/mol. The molecule has 0 bridgehead atoms. The highest BCUT2D eigenvalue weighted by molar-refractivity contribution is 5.81. The zero-order valence-electron chi connectivity index (χ0n) is 11.1. The van der Waals surface area contributed by atoms with Gasteiger partial charge in [-0.15, -0.1) is 0 Å². The second kappa shape index (κ2) is 8.25. The highest BCUT2D eigenvalue weighted by Crippen LogP contribution is 2.06. The largest absolute Gasteiger partial charge is 0.385 e. The van der Waals surface area contributed by atoms with E-state index in [1.54, 1.807) is 7.11 Å². The van der Waals surface area contributed by atoms with Gasteiger partial charge in [-0.3, -0.25) is 4.79 Å². The number of rotatable bonds is 7. The summed E-state index contributed by atoms with van der Waals surface area (Å²) in [7, 11) is 1.56. The topological polar surface area (TPSA) is 79.3 Å². The zero-order chi connectivity index (χ0) is 14.1. The molecule has 1 rings (SSSR count). The van der Waals surface area contributed by atoms with E-state index in [4.69, 9.17) is 15.7 Å². The molecule has 0 fully saturated rings. The quantitative estimate of drug-likeness (QED) is 0.740. The van der Waals surface area contributed by atoms with Crippen LogP contribution in [0.25, 0.3) is 0 Å². The van der Waals surface area contributed by atoms with Crippen LogP contribution < -0.4 is 5.73 Å². The smallest absolute Gasteiger partial charge is 0.240 e. The molecule has 0 radical (unpaired) electrons. The lowest BCUT2D eigenvalue weighted by molar-refractivity contribution is -0.133. The fourth-order valence-electron chi connectivity index (χ4n) is 1.70. The van der Waals surface area contributed by atoms with Crippen LogP contribution in [-0.4, -0.2) is 37.1 Å². The van der Waals surface area contributed by atoms with E-state index in [0.29, 0.717) is 19.6 Å². The van der Waals surface area contributed by atoms with Crippen LogP contribution in [0, 0.1) is 11.3 Å². The Labute approximate surface area is 113 Å². The summed E-state index contributed by atoms with van der Waals surface area (Å²) in [5, 5.41) is 8.81. The molecule has 1 amide bonds. The first-order valence-corrected chi connectivity index (χ1v) is 6.13. The number of benzene rings is 1. The summed E-state index contributed by atoms with van der Waals surface area (Å²) in [6.45, 7) is 0.862. The van der Waals surface area contributed by atoms with Crippen LogP contribution in [0.2, 0.25) is 0 Å². The van der Waals surface area contributed by atoms with Crippen molar-refractivity contribution < 1.29 is 9.53 Å². The first-order valence-electron chi connectivity index (χ1n) is 6.13. The van der Waals surface area contributed by atoms with E-state index >= 15 is 0 Å². The summed E-state index contributed by atoms with van der Waals surface area (Å²) in [4.78, 5) is 13.6. The summed E-state index contributed by atoms with van der Waals surface area (Å²) < 4.78 is 4.90. The molecule has 5 heteroatoms. The summed E-state index contributed by atoms with van der Waals surface area (Å²) in [6, 6.07) is 10.9. The second-order valence-electron chi connectivity index (χ2n) is 4.23. The number of methoxy groups -OCH3 is 1. The molecule has 1 unspecified atom stereocenters. The van der Waals surface area contributed by atoms with Crippen molar-refractivity contribution >= 4 is 5.91 Å². The predicted octanol–water partition coefficient (Wildman–Crippen LogP) is 0.903. The van der Waals surface area contributed by atoms with Gasteiger partial charge in [-0.25, -0.2) is 0 Å². The molecule has 0 aliphatic heterocycles. The maximum absolute atomic E-state index is 12.1. The van der Waals surface area contributed by atoms with E-state index in [1.165, 1.54) is 4.90 Å². The first kappa shape index (κ1) is 15.2. The van der Waals surface area contributed by atoms with Crippen molar-refractivity contribution in [2.24, 2.45) is 5.73 Å². The third-order valence-electron chi connectivity index (χ3n) is 2.74. The van der Waals surface area contributed by atoms with Crippen LogP contribution in [-0.2, 0) is 16.1 Å². The zero-order valence-corrected chi connectivity index (χ0v) is 11.1. The number of amides is 1. The van der Waals surface area contributed by atoms with Crippen LogP contribution in [0.1, 0.15) is 12.0 Å². The van der Waals surface area contributed by atoms with Crippen molar-refractivity contribution in [3.63, 3.8) is 0 Å². The Morgan fingerprint density at radius 3 is 2.74 bits per heavy atom. The summed E-state index contributed by atoms with van der Waals surface area (Å²) in [6.07, 6.45) is 0.450. The Bertz CT molecular complexity index is 428. The number of ether oxygens (including phenoxy) is 1. The number of nitrogens with zero attached hydrogens (tertiary/aromatic N) is 2. The standard InChI is InChI=1S/C14H19N3O2/c1-19-10-7-13(16)14(18)17(9-8-15)11-12-5-3-2-4-6-12/h2-6,13H,7,9-11,16H2,1H3. The van der Waals surface area contributed by atoms with Gasteiger partial charge in [0.15, 0.2) is 0 Å². The van der Waals surface area contributed by atoms with Gasteiger partial charge in [0, 0.05) is 20.3 Å². The Balaban J connectivity index is 2.66. The molecule has 5 nitrogen and oxygen atoms in total. The van der Waals surface area contributed by atoms with Crippen molar-refractivity contribution in [2.75, 3.05) is 20.3 Å². The van der Waals surface area contributed by atoms with E-state index in [0.717, 1.165) is 5.56 Å². The molecule has 0 aliphatic rings. The first-order chi connectivity index (χ1) is 9.19. The van der Waals surface area contributed by atoms with Crippen molar-refractivity contribution in [3.8, 4) is 6.07 Å². The lowest BCUT2D eigenvalue weighted by Gasteiger charge is -2.23. The van der Waals surface area contributed by atoms with E-state index in [9.17, 15) is 4.79 Å². The molecular formula is C14H19N3O2. The van der Waals surface area contributed by atoms with Gasteiger partial charge in [0.25, 0.3) is 0 Å². The van der Waals surface area contributed by atoms with Gasteiger partial charge < -0.3 is 15.4 Å².